The molecule has 0 aliphatic heterocycles. The van der Waals surface area contributed by atoms with Crippen LogP contribution in [0.5, 0.6) is 0 Å². The number of halogens is 3. The first kappa shape index (κ1) is 56.4. The van der Waals surface area contributed by atoms with Crippen molar-refractivity contribution in [3.63, 3.8) is 0 Å². The zero-order valence-electron chi connectivity index (χ0n) is 46.6. The molecule has 3 saturated carbocycles. The summed E-state index contributed by atoms with van der Waals surface area (Å²) in [5, 5.41) is 42.9. The number of rotatable bonds is 16. The van der Waals surface area contributed by atoms with Crippen LogP contribution < -0.4 is 16.0 Å². The summed E-state index contributed by atoms with van der Waals surface area (Å²) in [5.74, 6) is 1.39. The van der Waals surface area contributed by atoms with Gasteiger partial charge < -0.3 is 31.3 Å². The first-order chi connectivity index (χ1) is 41.5. The number of fused-ring (bicyclic) bond motifs is 9. The summed E-state index contributed by atoms with van der Waals surface area (Å²) in [5.41, 5.74) is 5.41. The van der Waals surface area contributed by atoms with Crippen molar-refractivity contribution in [2.45, 2.75) is 102 Å². The van der Waals surface area contributed by atoms with Crippen molar-refractivity contribution in [1.29, 1.82) is 0 Å². The fraction of sp³-hybridized carbons (Fsp3) is 0.266. The first-order valence-corrected chi connectivity index (χ1v) is 28.3. The number of hydrogen-bond acceptors (Lipinski definition) is 16. The lowest BCUT2D eigenvalue weighted by Gasteiger charge is -2.12. The Morgan fingerprint density at radius 1 is 0.500 bits per heavy atom. The minimum Gasteiger partial charge on any atom is -0.478 e. The third-order valence-corrected chi connectivity index (χ3v) is 14.8. The van der Waals surface area contributed by atoms with Crippen molar-refractivity contribution in [3.8, 4) is 0 Å². The molecule has 0 unspecified atom stereocenters. The maximum absolute atomic E-state index is 13.0. The number of hydrogen-bond donors (Lipinski definition) is 6. The van der Waals surface area contributed by atoms with Crippen molar-refractivity contribution < 1.29 is 42.9 Å². The molecule has 86 heavy (non-hydrogen) atoms. The molecule has 0 amide bonds. The number of benzene rings is 4. The Hall–Kier alpha value is -10.1. The highest BCUT2D eigenvalue weighted by atomic mass is 19.4. The van der Waals surface area contributed by atoms with E-state index in [4.69, 9.17) is 15.0 Å². The van der Waals surface area contributed by atoms with Gasteiger partial charge in [0.15, 0.2) is 17.5 Å². The van der Waals surface area contributed by atoms with E-state index in [1.54, 1.807) is 60.9 Å². The molecule has 0 bridgehead atoms. The number of alkyl halides is 3. The summed E-state index contributed by atoms with van der Waals surface area (Å²) in [7, 11) is 0. The van der Waals surface area contributed by atoms with Crippen molar-refractivity contribution in [3.05, 3.63) is 173 Å². The Balaban J connectivity index is 0.000000127. The van der Waals surface area contributed by atoms with Crippen LogP contribution in [0.4, 0.5) is 30.6 Å². The Bertz CT molecular complexity index is 4470. The number of nitrogens with one attached hydrogen (secondary N) is 3. The van der Waals surface area contributed by atoms with Crippen LogP contribution in [0.25, 0.3) is 65.4 Å². The van der Waals surface area contributed by atoms with Gasteiger partial charge in [0, 0.05) is 101 Å². The van der Waals surface area contributed by atoms with E-state index in [9.17, 15) is 42.9 Å². The lowest BCUT2D eigenvalue weighted by Crippen LogP contribution is -2.08. The summed E-state index contributed by atoms with van der Waals surface area (Å²) < 4.78 is 39.1. The lowest BCUT2D eigenvalue weighted by molar-refractivity contribution is -0.137. The third kappa shape index (κ3) is 13.0. The fourth-order valence-electron chi connectivity index (χ4n) is 9.94. The third-order valence-electron chi connectivity index (χ3n) is 14.8. The van der Waals surface area contributed by atoms with E-state index in [-0.39, 0.29) is 29.2 Å². The van der Waals surface area contributed by atoms with E-state index in [1.807, 2.05) is 30.7 Å². The van der Waals surface area contributed by atoms with Gasteiger partial charge in [-0.2, -0.15) is 13.2 Å². The van der Waals surface area contributed by atoms with Gasteiger partial charge in [0.2, 0.25) is 0 Å². The monoisotopic (exact) mass is 1160 g/mol. The number of carboxylic acid groups (broad SMARTS) is 3. The number of carboxylic acids is 3. The molecule has 0 spiro atoms. The van der Waals surface area contributed by atoms with Gasteiger partial charge in [-0.3, -0.25) is 4.98 Å². The number of nitrogens with zero attached hydrogens (tertiary/aromatic N) is 10. The normalized spacial score (nSPS) is 14.0. The summed E-state index contributed by atoms with van der Waals surface area (Å²) in [4.78, 5) is 79.7. The average Bonchev–Trinajstić information content (AvgIpc) is 3.67. The predicted molar refractivity (Wildman–Crippen MR) is 320 cm³/mol. The van der Waals surface area contributed by atoms with Gasteiger partial charge in [0.1, 0.15) is 34.0 Å². The predicted octanol–water partition coefficient (Wildman–Crippen LogP) is 12.3. The lowest BCUT2D eigenvalue weighted by atomic mass is 10.1. The highest BCUT2D eigenvalue weighted by Gasteiger charge is 2.31. The molecule has 6 N–H and O–H groups in total. The molecule has 19 nitrogen and oxygen atoms in total. The molecule has 4 aromatic carbocycles. The zero-order chi connectivity index (χ0) is 59.8. The minimum absolute atomic E-state index is 0.129. The van der Waals surface area contributed by atoms with Crippen molar-refractivity contribution >= 4 is 101 Å². The van der Waals surface area contributed by atoms with Crippen LogP contribution in [0.3, 0.4) is 0 Å². The van der Waals surface area contributed by atoms with Gasteiger partial charge in [0.25, 0.3) is 0 Å². The maximum Gasteiger partial charge on any atom is 0.416 e. The molecule has 3 aliphatic carbocycles. The van der Waals surface area contributed by atoms with E-state index in [0.717, 1.165) is 119 Å². The number of carbonyl (C=O) groups is 3. The van der Waals surface area contributed by atoms with Gasteiger partial charge in [-0.1, -0.05) is 56.3 Å². The number of aromatic nitrogens is 10. The van der Waals surface area contributed by atoms with Gasteiger partial charge in [-0.15, -0.1) is 0 Å². The van der Waals surface area contributed by atoms with Gasteiger partial charge in [-0.05, 0) is 111 Å². The number of aromatic carboxylic acids is 3. The Kier molecular flexibility index (Phi) is 15.4. The first-order valence-electron chi connectivity index (χ1n) is 28.3. The molecule has 7 aromatic heterocycles. The van der Waals surface area contributed by atoms with Crippen LogP contribution in [-0.2, 0) is 31.9 Å². The number of anilines is 3. The second-order valence-electron chi connectivity index (χ2n) is 22.2. The van der Waals surface area contributed by atoms with E-state index < -0.39 is 29.6 Å². The van der Waals surface area contributed by atoms with Gasteiger partial charge in [-0.25, -0.2) is 59.2 Å². The highest BCUT2D eigenvalue weighted by molar-refractivity contribution is 6.12. The number of aryl methyl sites for hydroxylation is 2. The Labute approximate surface area is 488 Å². The van der Waals surface area contributed by atoms with E-state index in [0.29, 0.717) is 80.3 Å². The molecule has 3 fully saturated rings. The van der Waals surface area contributed by atoms with E-state index in [2.05, 4.69) is 64.7 Å². The molecule has 0 radical (unpaired) electrons. The largest absolute Gasteiger partial charge is 0.478 e. The molecule has 14 rings (SSSR count). The van der Waals surface area contributed by atoms with Crippen molar-refractivity contribution in [2.24, 2.45) is 5.92 Å². The molecule has 11 aromatic rings. The minimum atomic E-state index is -4.42. The molecule has 0 saturated heterocycles. The van der Waals surface area contributed by atoms with Crippen molar-refractivity contribution in [1.82, 2.24) is 49.8 Å². The highest BCUT2D eigenvalue weighted by Crippen LogP contribution is 2.36. The molecule has 0 atom stereocenters. The molecule has 7 heterocycles. The van der Waals surface area contributed by atoms with Crippen LogP contribution >= 0.6 is 0 Å². The van der Waals surface area contributed by atoms with Crippen LogP contribution in [0.2, 0.25) is 0 Å². The maximum atomic E-state index is 13.0. The standard InChI is InChI=1S/C23H17F3N4O2.C22H19N5O2.C19H20N4O2/c24-23(25,26)14-3-1-2-12(8-14)9-19-27-11-17-16-7-4-13(22(31)32)10-18(16)29-21(20(17)30-19)28-15-5-6-15;28-22(29)14-4-7-16-17-12-24-19(8-3-13-2-1-9-23-11-13)27-20(17)21(25-15-5-6-15)26-18(16)10-14;1-10(2)7-16-20-9-14-13-6-3-11(19(24)25)8-15(13)22-18(17(14)23-16)21-12-4-5-12/h1-4,7-8,10-11,15H,5-6,9H2,(H,28,29)(H,31,32);1-2,4,7,9-12,15H,3,5-6,8H2,(H,25,26)(H,28,29);3,6,8-10,12H,4-5,7H2,1-2H3,(H,21,22)(H,24,25). The van der Waals surface area contributed by atoms with Crippen LogP contribution in [0, 0.1) is 5.92 Å². The molecule has 434 valence electrons. The molecular formula is C64H56F3N13O6. The summed E-state index contributed by atoms with van der Waals surface area (Å²) in [6, 6.07) is 24.8. The van der Waals surface area contributed by atoms with E-state index >= 15 is 0 Å². The molecule has 22 heteroatoms. The van der Waals surface area contributed by atoms with Gasteiger partial charge >= 0.3 is 24.1 Å². The summed E-state index contributed by atoms with van der Waals surface area (Å²) >= 11 is 0. The van der Waals surface area contributed by atoms with E-state index in [1.165, 1.54) is 18.2 Å². The second-order valence-corrected chi connectivity index (χ2v) is 22.2. The molecular weight excluding hydrogens is 1100 g/mol. The number of pyridine rings is 4. The zero-order valence-corrected chi connectivity index (χ0v) is 46.6. The van der Waals surface area contributed by atoms with Crippen LogP contribution in [0.1, 0.15) is 118 Å². The Morgan fingerprint density at radius 2 is 0.930 bits per heavy atom. The fourth-order valence-corrected chi connectivity index (χ4v) is 9.94. The smallest absolute Gasteiger partial charge is 0.416 e. The quantitative estimate of drug-likeness (QED) is 0.0490. The summed E-state index contributed by atoms with van der Waals surface area (Å²) in [6.45, 7) is 4.28. The summed E-state index contributed by atoms with van der Waals surface area (Å²) in [6.07, 6.45) is 13.4. The van der Waals surface area contributed by atoms with Crippen LogP contribution in [-0.4, -0.2) is 101 Å². The van der Waals surface area contributed by atoms with Crippen molar-refractivity contribution in [2.75, 3.05) is 16.0 Å². The topological polar surface area (TPSA) is 277 Å². The average molecular weight is 1160 g/mol. The Morgan fingerprint density at radius 3 is 1.35 bits per heavy atom. The van der Waals surface area contributed by atoms with Crippen LogP contribution in [0.15, 0.2) is 122 Å². The molecule has 3 aliphatic rings. The van der Waals surface area contributed by atoms with Gasteiger partial charge in [0.05, 0.1) is 38.8 Å². The SMILES string of the molecule is CC(C)Cc1ncc2c(n1)c(NC1CC1)nc1cc(C(=O)O)ccc12.O=C(O)c1ccc2c(c1)nc(NC1CC1)c1nc(CCc3cccnc3)ncc12.O=C(O)c1ccc2c(c1)nc(NC1CC1)c1nc(Cc3cccc(C(F)(F)F)c3)ncc12. The second kappa shape index (κ2) is 23.5.